The lowest BCUT2D eigenvalue weighted by atomic mass is 10.2. The first kappa shape index (κ1) is 20.7. The minimum absolute atomic E-state index is 0.0387. The number of rotatable bonds is 7. The zero-order chi connectivity index (χ0) is 20.9. The number of benzene rings is 2. The normalized spacial score (nSPS) is 12.5. The van der Waals surface area contributed by atoms with Crippen LogP contribution in [-0.4, -0.2) is 25.1 Å². The smallest absolute Gasteiger partial charge is 0.329 e. The Morgan fingerprint density at radius 2 is 1.79 bits per heavy atom. The van der Waals surface area contributed by atoms with Gasteiger partial charge in [0.15, 0.2) is 5.82 Å². The lowest BCUT2D eigenvalue weighted by Crippen LogP contribution is -2.26. The molecule has 0 fully saturated rings. The summed E-state index contributed by atoms with van der Waals surface area (Å²) in [5, 5.41) is 3.21. The molecule has 0 atom stereocenters. The summed E-state index contributed by atoms with van der Waals surface area (Å²) in [4.78, 5) is 3.26. The number of aromatic nitrogens is 2. The third-order valence-corrected chi connectivity index (χ3v) is 5.28. The van der Waals surface area contributed by atoms with E-state index in [0.717, 1.165) is 5.56 Å². The minimum atomic E-state index is -4.72. The van der Waals surface area contributed by atoms with Gasteiger partial charge in [0.25, 0.3) is 0 Å². The second-order valence-corrected chi connectivity index (χ2v) is 7.76. The predicted octanol–water partition coefficient (Wildman–Crippen LogP) is 3.78. The molecule has 152 valence electrons. The average molecular weight is 423 g/mol. The van der Waals surface area contributed by atoms with E-state index >= 15 is 0 Å². The monoisotopic (exact) mass is 423 g/mol. The topological polar surface area (TPSA) is 85.1 Å². The van der Waals surface area contributed by atoms with Gasteiger partial charge in [0.2, 0.25) is 10.0 Å². The van der Waals surface area contributed by atoms with Crippen LogP contribution in [0.2, 0.25) is 0 Å². The van der Waals surface area contributed by atoms with Crippen molar-refractivity contribution >= 4 is 22.2 Å². The fraction of sp³-hybridized carbons (Fsp3) is 0.158. The minimum Gasteiger partial charge on any atom is -0.329 e. The van der Waals surface area contributed by atoms with Crippen molar-refractivity contribution in [1.29, 1.82) is 0 Å². The average Bonchev–Trinajstić information content (AvgIpc) is 3.17. The number of hydrogen-bond acceptors (Lipinski definition) is 5. The maximum Gasteiger partial charge on any atom is 0.471 e. The highest BCUT2D eigenvalue weighted by atomic mass is 32.2. The van der Waals surface area contributed by atoms with E-state index in [1.165, 1.54) is 30.4 Å². The quantitative estimate of drug-likeness (QED) is 0.625. The maximum absolute atomic E-state index is 12.5. The fourth-order valence-corrected chi connectivity index (χ4v) is 3.52. The Labute approximate surface area is 165 Å². The summed E-state index contributed by atoms with van der Waals surface area (Å²) < 4.78 is 69.0. The molecule has 0 amide bonds. The fourth-order valence-electron chi connectivity index (χ4n) is 2.43. The number of sulfonamides is 1. The van der Waals surface area contributed by atoms with Gasteiger partial charge in [-0.2, -0.15) is 18.2 Å². The number of hydrogen-bond donors (Lipinski definition) is 1. The summed E-state index contributed by atoms with van der Waals surface area (Å²) in [6, 6.07) is 15.4. The summed E-state index contributed by atoms with van der Waals surface area (Å²) in [6.45, 7) is 0.232. The van der Waals surface area contributed by atoms with Gasteiger partial charge >= 0.3 is 12.1 Å². The van der Waals surface area contributed by atoms with Crippen molar-refractivity contribution in [2.75, 3.05) is 6.54 Å². The van der Waals surface area contributed by atoms with E-state index in [2.05, 4.69) is 19.4 Å². The lowest BCUT2D eigenvalue weighted by Gasteiger charge is -2.07. The van der Waals surface area contributed by atoms with Crippen molar-refractivity contribution in [3.8, 4) is 0 Å². The first-order valence-electron chi connectivity index (χ1n) is 8.47. The van der Waals surface area contributed by atoms with Gasteiger partial charge in [-0.3, -0.25) is 0 Å². The molecular weight excluding hydrogens is 407 g/mol. The van der Waals surface area contributed by atoms with Crippen LogP contribution < -0.4 is 4.72 Å². The molecule has 0 radical (unpaired) electrons. The van der Waals surface area contributed by atoms with Crippen molar-refractivity contribution < 1.29 is 26.1 Å². The predicted molar refractivity (Wildman–Crippen MR) is 100 cm³/mol. The van der Waals surface area contributed by atoms with Crippen LogP contribution in [0.25, 0.3) is 12.2 Å². The van der Waals surface area contributed by atoms with Crippen molar-refractivity contribution in [3.05, 3.63) is 77.4 Å². The van der Waals surface area contributed by atoms with Crippen molar-refractivity contribution in [1.82, 2.24) is 14.9 Å². The molecule has 2 aromatic carbocycles. The Morgan fingerprint density at radius 1 is 1.03 bits per heavy atom. The van der Waals surface area contributed by atoms with Gasteiger partial charge in [-0.25, -0.2) is 13.1 Å². The van der Waals surface area contributed by atoms with Gasteiger partial charge in [-0.05, 0) is 35.8 Å². The molecule has 29 heavy (non-hydrogen) atoms. The maximum atomic E-state index is 12.5. The summed E-state index contributed by atoms with van der Waals surface area (Å²) in [5.41, 5.74) is 1.46. The van der Waals surface area contributed by atoms with Gasteiger partial charge in [-0.15, -0.1) is 0 Å². The molecule has 10 heteroatoms. The van der Waals surface area contributed by atoms with Gasteiger partial charge < -0.3 is 4.52 Å². The Kier molecular flexibility index (Phi) is 6.14. The van der Waals surface area contributed by atoms with Gasteiger partial charge in [-0.1, -0.05) is 53.7 Å². The molecule has 0 saturated carbocycles. The van der Waals surface area contributed by atoms with Crippen LogP contribution in [0.5, 0.6) is 0 Å². The standard InChI is InChI=1S/C19H16F3N3O3S/c20-19(21,22)18-24-17(25-28-18)10-9-15-7-4-8-16(13-15)29(26,27)23-12-11-14-5-2-1-3-6-14/h1-10,13,23H,11-12H2. The molecule has 0 bridgehead atoms. The van der Waals surface area contributed by atoms with Crippen LogP contribution in [-0.2, 0) is 22.6 Å². The van der Waals surface area contributed by atoms with Crippen LogP contribution in [0.1, 0.15) is 22.8 Å². The van der Waals surface area contributed by atoms with Crippen molar-refractivity contribution in [2.24, 2.45) is 0 Å². The lowest BCUT2D eigenvalue weighted by molar-refractivity contribution is -0.159. The molecule has 0 spiro atoms. The molecule has 1 heterocycles. The largest absolute Gasteiger partial charge is 0.471 e. The highest BCUT2D eigenvalue weighted by molar-refractivity contribution is 7.89. The third kappa shape index (κ3) is 5.75. The van der Waals surface area contributed by atoms with E-state index in [4.69, 9.17) is 0 Å². The second-order valence-electron chi connectivity index (χ2n) is 5.99. The Morgan fingerprint density at radius 3 is 2.48 bits per heavy atom. The first-order chi connectivity index (χ1) is 13.7. The Balaban J connectivity index is 1.67. The van der Waals surface area contributed by atoms with Gasteiger partial charge in [0, 0.05) is 6.54 Å². The third-order valence-electron chi connectivity index (χ3n) is 3.83. The van der Waals surface area contributed by atoms with E-state index in [1.807, 2.05) is 30.3 Å². The number of nitrogens with one attached hydrogen (secondary N) is 1. The van der Waals surface area contributed by atoms with E-state index in [0.29, 0.717) is 12.0 Å². The van der Waals surface area contributed by atoms with E-state index in [9.17, 15) is 21.6 Å². The molecule has 0 aliphatic carbocycles. The highest BCUT2D eigenvalue weighted by Crippen LogP contribution is 2.27. The van der Waals surface area contributed by atoms with Crippen molar-refractivity contribution in [2.45, 2.75) is 17.5 Å². The molecule has 6 nitrogen and oxygen atoms in total. The summed E-state index contributed by atoms with van der Waals surface area (Å²) in [7, 11) is -3.73. The summed E-state index contributed by atoms with van der Waals surface area (Å²) in [5.74, 6) is -1.72. The van der Waals surface area contributed by atoms with Crippen LogP contribution in [0.4, 0.5) is 13.2 Å². The molecule has 0 saturated heterocycles. The summed E-state index contributed by atoms with van der Waals surface area (Å²) >= 11 is 0. The molecule has 1 N–H and O–H groups in total. The molecule has 1 aromatic heterocycles. The van der Waals surface area contributed by atoms with E-state index in [1.54, 1.807) is 6.07 Å². The second kappa shape index (κ2) is 8.58. The molecule has 0 aliphatic heterocycles. The molecule has 0 aliphatic rings. The van der Waals surface area contributed by atoms with Crippen LogP contribution in [0, 0.1) is 0 Å². The number of halogens is 3. The SMILES string of the molecule is O=S(=O)(NCCc1ccccc1)c1cccc(C=Cc2noc(C(F)(F)F)n2)c1. The first-order valence-corrected chi connectivity index (χ1v) is 9.95. The summed E-state index contributed by atoms with van der Waals surface area (Å²) in [6.07, 6.45) is -1.58. The van der Waals surface area contributed by atoms with E-state index < -0.39 is 22.1 Å². The van der Waals surface area contributed by atoms with Crippen LogP contribution in [0.3, 0.4) is 0 Å². The highest BCUT2D eigenvalue weighted by Gasteiger charge is 2.38. The zero-order valence-corrected chi connectivity index (χ0v) is 15.7. The zero-order valence-electron chi connectivity index (χ0n) is 14.9. The van der Waals surface area contributed by atoms with Crippen LogP contribution >= 0.6 is 0 Å². The number of alkyl halides is 3. The Hall–Kier alpha value is -2.98. The van der Waals surface area contributed by atoms with Gasteiger partial charge in [0.05, 0.1) is 4.90 Å². The Bertz CT molecular complexity index is 1090. The molecule has 0 unspecified atom stereocenters. The van der Waals surface area contributed by atoms with Gasteiger partial charge in [0.1, 0.15) is 0 Å². The molecule has 3 aromatic rings. The number of nitrogens with zero attached hydrogens (tertiary/aromatic N) is 2. The molecule has 3 rings (SSSR count). The molecular formula is C19H16F3N3O3S. The van der Waals surface area contributed by atoms with Crippen molar-refractivity contribution in [3.63, 3.8) is 0 Å². The van der Waals surface area contributed by atoms with E-state index in [-0.39, 0.29) is 17.3 Å². The van der Waals surface area contributed by atoms with Crippen LogP contribution in [0.15, 0.2) is 64.0 Å².